The molecule has 0 saturated carbocycles. The van der Waals surface area contributed by atoms with Crippen molar-refractivity contribution in [3.8, 4) is 11.1 Å². The van der Waals surface area contributed by atoms with Gasteiger partial charge >= 0.3 is 0 Å². The van der Waals surface area contributed by atoms with Crippen molar-refractivity contribution >= 4 is 43.0 Å². The number of rotatable bonds is 2. The second-order valence-electron chi connectivity index (χ2n) is 7.45. The van der Waals surface area contributed by atoms with E-state index in [2.05, 4.69) is 53.4 Å². The summed E-state index contributed by atoms with van der Waals surface area (Å²) in [4.78, 5) is 20.0. The number of anilines is 1. The summed E-state index contributed by atoms with van der Waals surface area (Å²) in [6, 6.07) is 20.5. The lowest BCUT2D eigenvalue weighted by Gasteiger charge is -2.27. The van der Waals surface area contributed by atoms with Gasteiger partial charge in [-0.05, 0) is 18.2 Å². The van der Waals surface area contributed by atoms with E-state index >= 15 is 0 Å². The van der Waals surface area contributed by atoms with Gasteiger partial charge in [0.1, 0.15) is 11.5 Å². The molecule has 2 aromatic carbocycles. The van der Waals surface area contributed by atoms with Crippen molar-refractivity contribution in [3.63, 3.8) is 0 Å². The molecule has 5 aromatic rings. The van der Waals surface area contributed by atoms with Crippen LogP contribution in [0.3, 0.4) is 0 Å². The molecule has 1 aliphatic heterocycles. The Balaban J connectivity index is 1.63. The minimum atomic E-state index is -0.0631. The monoisotopic (exact) mass is 413 g/mol. The standard InChI is InChI=1S/C24H19N3O2S/c28-22-15-21(26-11-13-29-14-12-26)25-24-19(8-4-10-27(22)24)18-7-3-6-17-16-5-1-2-9-20(16)30-23(17)18/h1-10,15H,11-14H2. The number of benzene rings is 2. The molecule has 0 radical (unpaired) electrons. The molecule has 0 aliphatic carbocycles. The van der Waals surface area contributed by atoms with E-state index in [1.54, 1.807) is 28.0 Å². The van der Waals surface area contributed by atoms with Gasteiger partial charge in [0.2, 0.25) is 0 Å². The van der Waals surface area contributed by atoms with Crippen molar-refractivity contribution < 1.29 is 4.74 Å². The zero-order chi connectivity index (χ0) is 20.1. The Labute approximate surface area is 176 Å². The SMILES string of the molecule is O=c1cc(N2CCOCC2)nc2c(-c3cccc4c3sc3ccccc34)cccn12. The highest BCUT2D eigenvalue weighted by atomic mass is 32.1. The Morgan fingerprint density at radius 1 is 0.900 bits per heavy atom. The topological polar surface area (TPSA) is 46.8 Å². The van der Waals surface area contributed by atoms with Crippen LogP contribution < -0.4 is 10.5 Å². The molecule has 4 heterocycles. The lowest BCUT2D eigenvalue weighted by Crippen LogP contribution is -2.37. The van der Waals surface area contributed by atoms with Crippen molar-refractivity contribution in [2.24, 2.45) is 0 Å². The van der Waals surface area contributed by atoms with E-state index in [1.807, 2.05) is 6.07 Å². The zero-order valence-electron chi connectivity index (χ0n) is 16.2. The first-order valence-corrected chi connectivity index (χ1v) is 10.9. The van der Waals surface area contributed by atoms with Gasteiger partial charge in [0, 0.05) is 56.7 Å². The summed E-state index contributed by atoms with van der Waals surface area (Å²) in [5, 5.41) is 2.50. The minimum absolute atomic E-state index is 0.0631. The largest absolute Gasteiger partial charge is 0.378 e. The van der Waals surface area contributed by atoms with Crippen molar-refractivity contribution in [2.45, 2.75) is 0 Å². The van der Waals surface area contributed by atoms with Gasteiger partial charge in [0.15, 0.2) is 0 Å². The molecule has 1 saturated heterocycles. The fourth-order valence-corrected chi connectivity index (χ4v) is 5.47. The van der Waals surface area contributed by atoms with E-state index in [9.17, 15) is 4.79 Å². The summed E-state index contributed by atoms with van der Waals surface area (Å²) in [6.45, 7) is 2.81. The molecule has 0 atom stereocenters. The second kappa shape index (κ2) is 6.93. The summed E-state index contributed by atoms with van der Waals surface area (Å²) in [7, 11) is 0. The highest BCUT2D eigenvalue weighted by Gasteiger charge is 2.17. The third-order valence-corrected chi connectivity index (χ3v) is 6.93. The molecular weight excluding hydrogens is 394 g/mol. The average molecular weight is 414 g/mol. The van der Waals surface area contributed by atoms with Gasteiger partial charge in [-0.25, -0.2) is 4.98 Å². The van der Waals surface area contributed by atoms with Crippen LogP contribution in [0.25, 0.3) is 36.9 Å². The number of thiophene rings is 1. The molecule has 0 bridgehead atoms. The second-order valence-corrected chi connectivity index (χ2v) is 8.50. The Bertz CT molecular complexity index is 1460. The van der Waals surface area contributed by atoms with Gasteiger partial charge in [-0.3, -0.25) is 9.20 Å². The van der Waals surface area contributed by atoms with Gasteiger partial charge in [-0.1, -0.05) is 36.4 Å². The first kappa shape index (κ1) is 17.6. The number of aromatic nitrogens is 2. The number of pyridine rings is 1. The smallest absolute Gasteiger partial charge is 0.259 e. The number of hydrogen-bond donors (Lipinski definition) is 0. The van der Waals surface area contributed by atoms with Gasteiger partial charge in [-0.2, -0.15) is 0 Å². The Hall–Kier alpha value is -3.22. The number of hydrogen-bond acceptors (Lipinski definition) is 5. The van der Waals surface area contributed by atoms with Crippen LogP contribution in [0.5, 0.6) is 0 Å². The maximum Gasteiger partial charge on any atom is 0.259 e. The number of fused-ring (bicyclic) bond motifs is 4. The summed E-state index contributed by atoms with van der Waals surface area (Å²) in [5.41, 5.74) is 2.71. The zero-order valence-corrected chi connectivity index (χ0v) is 17.1. The van der Waals surface area contributed by atoms with Gasteiger partial charge in [0.25, 0.3) is 5.56 Å². The highest BCUT2D eigenvalue weighted by Crippen LogP contribution is 2.40. The van der Waals surface area contributed by atoms with Gasteiger partial charge in [-0.15, -0.1) is 11.3 Å². The van der Waals surface area contributed by atoms with E-state index < -0.39 is 0 Å². The molecule has 0 unspecified atom stereocenters. The van der Waals surface area contributed by atoms with Crippen LogP contribution in [0, 0.1) is 0 Å². The fourth-order valence-electron chi connectivity index (χ4n) is 4.24. The van der Waals surface area contributed by atoms with Crippen LogP contribution in [-0.2, 0) is 4.74 Å². The third-order valence-electron chi connectivity index (χ3n) is 5.71. The summed E-state index contributed by atoms with van der Waals surface area (Å²) >= 11 is 1.79. The molecule has 148 valence electrons. The first-order valence-electron chi connectivity index (χ1n) is 10.1. The van der Waals surface area contributed by atoms with Crippen molar-refractivity contribution in [3.05, 3.63) is 77.2 Å². The van der Waals surface area contributed by atoms with E-state index in [4.69, 9.17) is 9.72 Å². The number of nitrogens with zero attached hydrogens (tertiary/aromatic N) is 3. The minimum Gasteiger partial charge on any atom is -0.378 e. The summed E-state index contributed by atoms with van der Waals surface area (Å²) < 4.78 is 9.59. The summed E-state index contributed by atoms with van der Waals surface area (Å²) in [6.07, 6.45) is 1.79. The first-order chi connectivity index (χ1) is 14.8. The molecular formula is C24H19N3O2S. The molecule has 6 rings (SSSR count). The number of morpholine rings is 1. The molecule has 0 spiro atoms. The molecule has 3 aromatic heterocycles. The molecule has 1 aliphatic rings. The van der Waals surface area contributed by atoms with E-state index in [0.717, 1.165) is 30.0 Å². The van der Waals surface area contributed by atoms with E-state index in [-0.39, 0.29) is 5.56 Å². The van der Waals surface area contributed by atoms with Crippen molar-refractivity contribution in [2.75, 3.05) is 31.2 Å². The predicted octanol–water partition coefficient (Wildman–Crippen LogP) is 4.57. The Morgan fingerprint density at radius 2 is 1.70 bits per heavy atom. The predicted molar refractivity (Wildman–Crippen MR) is 123 cm³/mol. The van der Waals surface area contributed by atoms with Crippen LogP contribution in [0.15, 0.2) is 71.7 Å². The van der Waals surface area contributed by atoms with E-state index in [0.29, 0.717) is 18.9 Å². The molecule has 0 amide bonds. The van der Waals surface area contributed by atoms with Crippen LogP contribution in [-0.4, -0.2) is 35.7 Å². The average Bonchev–Trinajstić information content (AvgIpc) is 3.18. The van der Waals surface area contributed by atoms with Crippen molar-refractivity contribution in [1.82, 2.24) is 9.38 Å². The molecule has 30 heavy (non-hydrogen) atoms. The Kier molecular flexibility index (Phi) is 4.07. The van der Waals surface area contributed by atoms with Gasteiger partial charge < -0.3 is 9.64 Å². The van der Waals surface area contributed by atoms with Crippen molar-refractivity contribution in [1.29, 1.82) is 0 Å². The number of ether oxygens (including phenoxy) is 1. The van der Waals surface area contributed by atoms with Gasteiger partial charge in [0.05, 0.1) is 13.2 Å². The third kappa shape index (κ3) is 2.72. The maximum absolute atomic E-state index is 12.9. The Morgan fingerprint density at radius 3 is 2.60 bits per heavy atom. The van der Waals surface area contributed by atoms with Crippen LogP contribution >= 0.6 is 11.3 Å². The fraction of sp³-hybridized carbons (Fsp3) is 0.167. The van der Waals surface area contributed by atoms with Crippen LogP contribution in [0.4, 0.5) is 5.82 Å². The van der Waals surface area contributed by atoms with E-state index in [1.165, 1.54) is 20.2 Å². The summed E-state index contributed by atoms with van der Waals surface area (Å²) in [5.74, 6) is 0.722. The lowest BCUT2D eigenvalue weighted by atomic mass is 10.0. The normalized spacial score (nSPS) is 14.7. The molecule has 0 N–H and O–H groups in total. The molecule has 6 heteroatoms. The maximum atomic E-state index is 12.9. The quantitative estimate of drug-likeness (QED) is 0.425. The molecule has 1 fully saturated rings. The lowest BCUT2D eigenvalue weighted by molar-refractivity contribution is 0.122. The molecule has 5 nitrogen and oxygen atoms in total. The van der Waals surface area contributed by atoms with Crippen LogP contribution in [0.2, 0.25) is 0 Å². The highest BCUT2D eigenvalue weighted by molar-refractivity contribution is 7.26. The van der Waals surface area contributed by atoms with Crippen LogP contribution in [0.1, 0.15) is 0 Å².